The van der Waals surface area contributed by atoms with Crippen LogP contribution in [-0.2, 0) is 9.53 Å². The Bertz CT molecular complexity index is 748. The van der Waals surface area contributed by atoms with Crippen LogP contribution in [-0.4, -0.2) is 18.5 Å². The Morgan fingerprint density at radius 3 is 2.43 bits per heavy atom. The van der Waals surface area contributed by atoms with Gasteiger partial charge in [0.2, 0.25) is 0 Å². The molecule has 0 fully saturated rings. The Morgan fingerprint density at radius 1 is 1.13 bits per heavy atom. The van der Waals surface area contributed by atoms with E-state index >= 15 is 0 Å². The highest BCUT2D eigenvalue weighted by atomic mass is 79.9. The van der Waals surface area contributed by atoms with Crippen molar-refractivity contribution in [2.75, 3.05) is 11.9 Å². The first-order valence-electron chi connectivity index (χ1n) is 6.55. The van der Waals surface area contributed by atoms with Gasteiger partial charge in [0.1, 0.15) is 0 Å². The fraction of sp³-hybridized carbons (Fsp3) is 0.125. The van der Waals surface area contributed by atoms with E-state index in [9.17, 15) is 9.59 Å². The highest BCUT2D eigenvalue weighted by Gasteiger charge is 2.12. The second-order valence-corrected chi connectivity index (χ2v) is 6.33. The molecule has 1 amide bonds. The largest absolute Gasteiger partial charge is 0.452 e. The van der Waals surface area contributed by atoms with E-state index in [1.807, 2.05) is 0 Å². The lowest BCUT2D eigenvalue weighted by Gasteiger charge is -2.11. The Hall–Kier alpha value is -1.56. The third-order valence-corrected chi connectivity index (χ3v) is 4.66. The number of carbonyl (C=O) groups is 2. The minimum Gasteiger partial charge on any atom is -0.452 e. The quantitative estimate of drug-likeness (QED) is 0.724. The summed E-state index contributed by atoms with van der Waals surface area (Å²) in [7, 11) is 0. The highest BCUT2D eigenvalue weighted by molar-refractivity contribution is 9.10. The molecule has 0 unspecified atom stereocenters. The molecule has 0 aromatic heterocycles. The number of anilines is 1. The molecule has 0 aliphatic carbocycles. The van der Waals surface area contributed by atoms with E-state index in [-0.39, 0.29) is 0 Å². The molecular formula is C16H12BrCl2NO3. The summed E-state index contributed by atoms with van der Waals surface area (Å²) in [6, 6.07) is 9.65. The van der Waals surface area contributed by atoms with Crippen LogP contribution < -0.4 is 5.32 Å². The fourth-order valence-electron chi connectivity index (χ4n) is 1.77. The van der Waals surface area contributed by atoms with E-state index in [4.69, 9.17) is 27.9 Å². The van der Waals surface area contributed by atoms with Crippen molar-refractivity contribution in [2.24, 2.45) is 0 Å². The smallest absolute Gasteiger partial charge is 0.338 e. The maximum atomic E-state index is 11.9. The summed E-state index contributed by atoms with van der Waals surface area (Å²) in [6.07, 6.45) is 0. The first-order valence-corrected chi connectivity index (χ1v) is 8.10. The second-order valence-electron chi connectivity index (χ2n) is 4.67. The summed E-state index contributed by atoms with van der Waals surface area (Å²) in [5.41, 5.74) is 1.61. The van der Waals surface area contributed by atoms with Crippen molar-refractivity contribution in [3.63, 3.8) is 0 Å². The number of benzene rings is 2. The van der Waals surface area contributed by atoms with Crippen molar-refractivity contribution >= 4 is 56.7 Å². The summed E-state index contributed by atoms with van der Waals surface area (Å²) in [5, 5.41) is 3.68. The predicted molar refractivity (Wildman–Crippen MR) is 94.3 cm³/mol. The molecule has 4 nitrogen and oxygen atoms in total. The van der Waals surface area contributed by atoms with Crippen LogP contribution in [0.15, 0.2) is 40.9 Å². The minimum absolute atomic E-state index is 0.324. The number of ether oxygens (including phenoxy) is 1. The lowest BCUT2D eigenvalue weighted by molar-refractivity contribution is -0.119. The topological polar surface area (TPSA) is 55.4 Å². The Balaban J connectivity index is 1.94. The van der Waals surface area contributed by atoms with Crippen molar-refractivity contribution in [3.8, 4) is 0 Å². The zero-order valence-corrected chi connectivity index (χ0v) is 15.1. The van der Waals surface area contributed by atoms with Gasteiger partial charge in [0.05, 0.1) is 10.6 Å². The van der Waals surface area contributed by atoms with Crippen molar-refractivity contribution in [2.45, 2.75) is 6.92 Å². The zero-order chi connectivity index (χ0) is 17.0. The average Bonchev–Trinajstić information content (AvgIpc) is 2.54. The molecule has 2 aromatic rings. The molecule has 0 saturated heterocycles. The highest BCUT2D eigenvalue weighted by Crippen LogP contribution is 2.30. The molecule has 0 radical (unpaired) electrons. The van der Waals surface area contributed by atoms with Crippen molar-refractivity contribution < 1.29 is 14.3 Å². The van der Waals surface area contributed by atoms with Crippen LogP contribution in [0, 0.1) is 6.92 Å². The average molecular weight is 417 g/mol. The molecule has 2 rings (SSSR count). The van der Waals surface area contributed by atoms with Gasteiger partial charge in [-0.25, -0.2) is 4.79 Å². The SMILES string of the molecule is Cc1c(NC(=O)COC(=O)c2ccc(Cl)cc2)ccc(Br)c1Cl. The van der Waals surface area contributed by atoms with E-state index < -0.39 is 18.5 Å². The van der Waals surface area contributed by atoms with Crippen LogP contribution in [0.3, 0.4) is 0 Å². The summed E-state index contributed by atoms with van der Waals surface area (Å²) < 4.78 is 5.70. The first kappa shape index (κ1) is 17.8. The number of rotatable bonds is 4. The van der Waals surface area contributed by atoms with Crippen LogP contribution in [0.1, 0.15) is 15.9 Å². The summed E-state index contributed by atoms with van der Waals surface area (Å²) >= 11 is 15.1. The van der Waals surface area contributed by atoms with Gasteiger partial charge < -0.3 is 10.1 Å². The van der Waals surface area contributed by atoms with Gasteiger partial charge in [-0.3, -0.25) is 4.79 Å². The standard InChI is InChI=1S/C16H12BrCl2NO3/c1-9-13(7-6-12(17)15(9)19)20-14(21)8-23-16(22)10-2-4-11(18)5-3-10/h2-7H,8H2,1H3,(H,20,21). The van der Waals surface area contributed by atoms with Crippen LogP contribution in [0.2, 0.25) is 10.0 Å². The third kappa shape index (κ3) is 4.70. The first-order chi connectivity index (χ1) is 10.9. The lowest BCUT2D eigenvalue weighted by atomic mass is 10.2. The molecule has 0 heterocycles. The Labute approximate surface area is 151 Å². The number of halogens is 3. The zero-order valence-electron chi connectivity index (χ0n) is 12.0. The number of nitrogens with one attached hydrogen (secondary N) is 1. The minimum atomic E-state index is -0.595. The number of hydrogen-bond acceptors (Lipinski definition) is 3. The molecule has 0 saturated carbocycles. The van der Waals surface area contributed by atoms with Crippen molar-refractivity contribution in [1.29, 1.82) is 0 Å². The molecule has 0 bridgehead atoms. The lowest BCUT2D eigenvalue weighted by Crippen LogP contribution is -2.21. The van der Waals surface area contributed by atoms with E-state index in [1.54, 1.807) is 31.2 Å². The van der Waals surface area contributed by atoms with Crippen LogP contribution in [0.25, 0.3) is 0 Å². The van der Waals surface area contributed by atoms with Crippen LogP contribution in [0.5, 0.6) is 0 Å². The monoisotopic (exact) mass is 415 g/mol. The number of hydrogen-bond donors (Lipinski definition) is 1. The molecule has 120 valence electrons. The van der Waals surface area contributed by atoms with E-state index in [0.29, 0.717) is 21.3 Å². The number of amides is 1. The van der Waals surface area contributed by atoms with Crippen molar-refractivity contribution in [3.05, 3.63) is 62.0 Å². The Kier molecular flexibility index (Phi) is 6.04. The molecular weight excluding hydrogens is 405 g/mol. The molecule has 0 aliphatic heterocycles. The van der Waals surface area contributed by atoms with Gasteiger partial charge in [0.15, 0.2) is 6.61 Å². The van der Waals surface area contributed by atoms with E-state index in [2.05, 4.69) is 21.2 Å². The molecule has 7 heteroatoms. The van der Waals surface area contributed by atoms with E-state index in [1.165, 1.54) is 12.1 Å². The maximum absolute atomic E-state index is 11.9. The Morgan fingerprint density at radius 2 is 1.78 bits per heavy atom. The number of carbonyl (C=O) groups excluding carboxylic acids is 2. The summed E-state index contributed by atoms with van der Waals surface area (Å²) in [4.78, 5) is 23.7. The normalized spacial score (nSPS) is 10.3. The second kappa shape index (κ2) is 7.81. The molecule has 23 heavy (non-hydrogen) atoms. The van der Waals surface area contributed by atoms with Gasteiger partial charge in [-0.1, -0.05) is 23.2 Å². The van der Waals surface area contributed by atoms with Gasteiger partial charge in [0.25, 0.3) is 5.91 Å². The van der Waals surface area contributed by atoms with Gasteiger partial charge in [-0.2, -0.15) is 0 Å². The summed E-state index contributed by atoms with van der Waals surface area (Å²) in [6.45, 7) is 1.39. The molecule has 2 aromatic carbocycles. The molecule has 0 atom stereocenters. The fourth-order valence-corrected chi connectivity index (χ4v) is 2.49. The predicted octanol–water partition coefficient (Wildman–Crippen LogP) is 4.86. The van der Waals surface area contributed by atoms with Crippen molar-refractivity contribution in [1.82, 2.24) is 0 Å². The van der Waals surface area contributed by atoms with Crippen LogP contribution in [0.4, 0.5) is 5.69 Å². The van der Waals surface area contributed by atoms with Gasteiger partial charge in [0, 0.05) is 15.2 Å². The van der Waals surface area contributed by atoms with Gasteiger partial charge in [-0.15, -0.1) is 0 Å². The molecule has 0 aliphatic rings. The summed E-state index contributed by atoms with van der Waals surface area (Å²) in [5.74, 6) is -1.05. The van der Waals surface area contributed by atoms with E-state index in [0.717, 1.165) is 10.0 Å². The molecule has 0 spiro atoms. The van der Waals surface area contributed by atoms with Gasteiger partial charge in [-0.05, 0) is 64.8 Å². The molecule has 1 N–H and O–H groups in total. The number of esters is 1. The van der Waals surface area contributed by atoms with Gasteiger partial charge >= 0.3 is 5.97 Å². The third-order valence-electron chi connectivity index (χ3n) is 3.03. The maximum Gasteiger partial charge on any atom is 0.338 e. The van der Waals surface area contributed by atoms with Crippen LogP contribution >= 0.6 is 39.1 Å².